The summed E-state index contributed by atoms with van der Waals surface area (Å²) in [6, 6.07) is 0. The lowest BCUT2D eigenvalue weighted by Gasteiger charge is -2.11. The second kappa shape index (κ2) is 2.72. The third-order valence-corrected chi connectivity index (χ3v) is 2.37. The van der Waals surface area contributed by atoms with Gasteiger partial charge in [-0.1, -0.05) is 19.1 Å². The molecule has 1 saturated carbocycles. The molecule has 0 amide bonds. The van der Waals surface area contributed by atoms with E-state index in [2.05, 4.69) is 6.58 Å². The molecular formula is C8H14O2. The molecule has 2 heteroatoms. The molecule has 1 rings (SSSR count). The van der Waals surface area contributed by atoms with Gasteiger partial charge in [-0.05, 0) is 12.3 Å². The van der Waals surface area contributed by atoms with Gasteiger partial charge in [0.05, 0.1) is 12.7 Å². The first-order valence-electron chi connectivity index (χ1n) is 3.64. The van der Waals surface area contributed by atoms with Gasteiger partial charge in [0, 0.05) is 5.92 Å². The van der Waals surface area contributed by atoms with Crippen molar-refractivity contribution in [2.24, 2.45) is 11.8 Å². The van der Waals surface area contributed by atoms with Gasteiger partial charge in [0.1, 0.15) is 0 Å². The highest BCUT2D eigenvalue weighted by Gasteiger charge is 2.32. The lowest BCUT2D eigenvalue weighted by molar-refractivity contribution is 0.101. The SMILES string of the molecule is C=C1[C@@H](C)C[C@H](O)[C@H]1CO. The van der Waals surface area contributed by atoms with Gasteiger partial charge >= 0.3 is 0 Å². The Kier molecular flexibility index (Phi) is 2.11. The molecular weight excluding hydrogens is 128 g/mol. The number of aliphatic hydroxyl groups is 2. The van der Waals surface area contributed by atoms with Crippen LogP contribution in [0.4, 0.5) is 0 Å². The Morgan fingerprint density at radius 3 is 2.50 bits per heavy atom. The van der Waals surface area contributed by atoms with E-state index in [1.807, 2.05) is 6.92 Å². The van der Waals surface area contributed by atoms with Crippen LogP contribution in [0.15, 0.2) is 12.2 Å². The largest absolute Gasteiger partial charge is 0.396 e. The van der Waals surface area contributed by atoms with Crippen LogP contribution in [0.25, 0.3) is 0 Å². The minimum absolute atomic E-state index is 0.0321. The summed E-state index contributed by atoms with van der Waals surface area (Å²) < 4.78 is 0. The van der Waals surface area contributed by atoms with Crippen LogP contribution in [0.3, 0.4) is 0 Å². The Balaban J connectivity index is 2.64. The Morgan fingerprint density at radius 2 is 2.30 bits per heavy atom. The summed E-state index contributed by atoms with van der Waals surface area (Å²) in [6.45, 7) is 5.88. The molecule has 2 N–H and O–H groups in total. The predicted molar refractivity (Wildman–Crippen MR) is 39.5 cm³/mol. The van der Waals surface area contributed by atoms with E-state index < -0.39 is 0 Å². The van der Waals surface area contributed by atoms with Gasteiger partial charge in [0.15, 0.2) is 0 Å². The van der Waals surface area contributed by atoms with Crippen LogP contribution in [0, 0.1) is 11.8 Å². The van der Waals surface area contributed by atoms with Crippen LogP contribution in [0.1, 0.15) is 13.3 Å². The first-order chi connectivity index (χ1) is 4.66. The highest BCUT2D eigenvalue weighted by atomic mass is 16.3. The van der Waals surface area contributed by atoms with Crippen molar-refractivity contribution in [1.29, 1.82) is 0 Å². The van der Waals surface area contributed by atoms with Gasteiger partial charge in [-0.15, -0.1) is 0 Å². The standard InChI is InChI=1S/C8H14O2/c1-5-3-8(10)7(4-9)6(5)2/h5,7-10H,2-4H2,1H3/t5-,7-,8-/m0/s1. The average molecular weight is 142 g/mol. The third-order valence-electron chi connectivity index (χ3n) is 2.37. The summed E-state index contributed by atoms with van der Waals surface area (Å²) in [5.41, 5.74) is 0.995. The Hall–Kier alpha value is -0.340. The summed E-state index contributed by atoms with van der Waals surface area (Å²) in [7, 11) is 0. The summed E-state index contributed by atoms with van der Waals surface area (Å²) >= 11 is 0. The van der Waals surface area contributed by atoms with Crippen molar-refractivity contribution in [3.8, 4) is 0 Å². The third kappa shape index (κ3) is 1.09. The van der Waals surface area contributed by atoms with Gasteiger partial charge in [-0.25, -0.2) is 0 Å². The minimum Gasteiger partial charge on any atom is -0.396 e. The maximum atomic E-state index is 9.31. The maximum Gasteiger partial charge on any atom is 0.0633 e. The van der Waals surface area contributed by atoms with Gasteiger partial charge in [-0.3, -0.25) is 0 Å². The van der Waals surface area contributed by atoms with Crippen LogP contribution in [0.5, 0.6) is 0 Å². The summed E-state index contributed by atoms with van der Waals surface area (Å²) in [5, 5.41) is 18.1. The molecule has 0 aromatic carbocycles. The van der Waals surface area contributed by atoms with E-state index >= 15 is 0 Å². The van der Waals surface area contributed by atoms with E-state index in [-0.39, 0.29) is 18.6 Å². The fourth-order valence-corrected chi connectivity index (χ4v) is 1.53. The molecule has 0 aliphatic heterocycles. The smallest absolute Gasteiger partial charge is 0.0633 e. The first kappa shape index (κ1) is 7.76. The topological polar surface area (TPSA) is 40.5 Å². The van der Waals surface area contributed by atoms with E-state index in [1.165, 1.54) is 0 Å². The quantitative estimate of drug-likeness (QED) is 0.525. The number of rotatable bonds is 1. The van der Waals surface area contributed by atoms with Crippen molar-refractivity contribution in [1.82, 2.24) is 0 Å². The van der Waals surface area contributed by atoms with Gasteiger partial charge in [-0.2, -0.15) is 0 Å². The molecule has 0 heterocycles. The molecule has 1 aliphatic carbocycles. The van der Waals surface area contributed by atoms with Gasteiger partial charge in [0.2, 0.25) is 0 Å². The molecule has 3 atom stereocenters. The minimum atomic E-state index is -0.368. The fraction of sp³-hybridized carbons (Fsp3) is 0.750. The maximum absolute atomic E-state index is 9.31. The number of aliphatic hydroxyl groups excluding tert-OH is 2. The van der Waals surface area contributed by atoms with Crippen molar-refractivity contribution < 1.29 is 10.2 Å². The molecule has 1 aliphatic rings. The van der Waals surface area contributed by atoms with Gasteiger partial charge in [0.25, 0.3) is 0 Å². The van der Waals surface area contributed by atoms with Gasteiger partial charge < -0.3 is 10.2 Å². The Morgan fingerprint density at radius 1 is 1.70 bits per heavy atom. The molecule has 10 heavy (non-hydrogen) atoms. The van der Waals surface area contributed by atoms with Crippen molar-refractivity contribution in [3.05, 3.63) is 12.2 Å². The normalized spacial score (nSPS) is 40.7. The van der Waals surface area contributed by atoms with Crippen molar-refractivity contribution in [2.45, 2.75) is 19.4 Å². The molecule has 2 nitrogen and oxygen atoms in total. The summed E-state index contributed by atoms with van der Waals surface area (Å²) in [4.78, 5) is 0. The monoisotopic (exact) mass is 142 g/mol. The van der Waals surface area contributed by atoms with Crippen LogP contribution >= 0.6 is 0 Å². The highest BCUT2D eigenvalue weighted by Crippen LogP contribution is 2.34. The van der Waals surface area contributed by atoms with Crippen molar-refractivity contribution in [3.63, 3.8) is 0 Å². The molecule has 0 unspecified atom stereocenters. The van der Waals surface area contributed by atoms with E-state index in [0.717, 1.165) is 12.0 Å². The zero-order valence-corrected chi connectivity index (χ0v) is 6.25. The highest BCUT2D eigenvalue weighted by molar-refractivity contribution is 5.13. The first-order valence-corrected chi connectivity index (χ1v) is 3.64. The fourth-order valence-electron chi connectivity index (χ4n) is 1.53. The zero-order valence-electron chi connectivity index (χ0n) is 6.25. The molecule has 0 bridgehead atoms. The lowest BCUT2D eigenvalue weighted by atomic mass is 10.0. The molecule has 0 aromatic rings. The Bertz CT molecular complexity index is 142. The number of hydrogen-bond acceptors (Lipinski definition) is 2. The van der Waals surface area contributed by atoms with Crippen LogP contribution in [0.2, 0.25) is 0 Å². The van der Waals surface area contributed by atoms with E-state index in [9.17, 15) is 5.11 Å². The van der Waals surface area contributed by atoms with Crippen LogP contribution in [-0.4, -0.2) is 22.9 Å². The average Bonchev–Trinajstić information content (AvgIpc) is 2.09. The van der Waals surface area contributed by atoms with Crippen LogP contribution < -0.4 is 0 Å². The Labute approximate surface area is 61.2 Å². The van der Waals surface area contributed by atoms with Crippen molar-refractivity contribution in [2.75, 3.05) is 6.61 Å². The van der Waals surface area contributed by atoms with E-state index in [4.69, 9.17) is 5.11 Å². The second-order valence-corrected chi connectivity index (χ2v) is 3.07. The second-order valence-electron chi connectivity index (χ2n) is 3.07. The van der Waals surface area contributed by atoms with Crippen LogP contribution in [-0.2, 0) is 0 Å². The molecule has 0 aromatic heterocycles. The molecule has 58 valence electrons. The number of hydrogen-bond donors (Lipinski definition) is 2. The van der Waals surface area contributed by atoms with E-state index in [0.29, 0.717) is 5.92 Å². The van der Waals surface area contributed by atoms with Crippen molar-refractivity contribution >= 4 is 0 Å². The molecule has 1 fully saturated rings. The zero-order chi connectivity index (χ0) is 7.72. The molecule has 0 radical (unpaired) electrons. The van der Waals surface area contributed by atoms with E-state index in [1.54, 1.807) is 0 Å². The summed E-state index contributed by atoms with van der Waals surface area (Å²) in [5.74, 6) is 0.294. The molecule has 0 spiro atoms. The lowest BCUT2D eigenvalue weighted by Crippen LogP contribution is -2.17. The molecule has 0 saturated heterocycles. The predicted octanol–water partition coefficient (Wildman–Crippen LogP) is 0.552. The summed E-state index contributed by atoms with van der Waals surface area (Å²) in [6.07, 6.45) is 0.386.